The van der Waals surface area contributed by atoms with Gasteiger partial charge in [0, 0.05) is 0 Å². The van der Waals surface area contributed by atoms with Crippen LogP contribution in [0.5, 0.6) is 5.75 Å². The number of hydrogen-bond donors (Lipinski definition) is 1. The highest BCUT2D eigenvalue weighted by molar-refractivity contribution is 9.10. The minimum Gasteiger partial charge on any atom is -0.496 e. The molecule has 0 saturated heterocycles. The maximum atomic E-state index is 10.7. The third kappa shape index (κ3) is 3.23. The Hall–Kier alpha value is -1.03. The molecule has 0 radical (unpaired) electrons. The van der Waals surface area contributed by atoms with E-state index in [0.717, 1.165) is 16.9 Å². The van der Waals surface area contributed by atoms with Gasteiger partial charge in [0.25, 0.3) is 0 Å². The van der Waals surface area contributed by atoms with Gasteiger partial charge in [-0.1, -0.05) is 33.6 Å². The minimum atomic E-state index is -0.862. The highest BCUT2D eigenvalue weighted by Gasteiger charge is 2.16. The van der Waals surface area contributed by atoms with Crippen molar-refractivity contribution in [2.45, 2.75) is 18.2 Å². The van der Waals surface area contributed by atoms with Crippen LogP contribution in [0.2, 0.25) is 0 Å². The molecule has 1 N–H and O–H groups in total. The van der Waals surface area contributed by atoms with Gasteiger partial charge in [0.2, 0.25) is 0 Å². The van der Waals surface area contributed by atoms with Gasteiger partial charge in [-0.05, 0) is 25.0 Å². The first-order valence-electron chi connectivity index (χ1n) is 4.55. The molecule has 4 heteroatoms. The van der Waals surface area contributed by atoms with E-state index in [-0.39, 0.29) is 0 Å². The number of ether oxygens (including phenoxy) is 1. The predicted octanol–water partition coefficient (Wildman–Crippen LogP) is 2.39. The molecule has 0 aromatic heterocycles. The van der Waals surface area contributed by atoms with Crippen molar-refractivity contribution >= 4 is 21.9 Å². The molecule has 1 atom stereocenters. The lowest BCUT2D eigenvalue weighted by Gasteiger charge is -2.10. The molecular formula is C11H13BrO3. The number of halogens is 1. The molecule has 0 aliphatic rings. The Morgan fingerprint density at radius 1 is 1.60 bits per heavy atom. The van der Waals surface area contributed by atoms with E-state index in [2.05, 4.69) is 15.9 Å². The Morgan fingerprint density at radius 2 is 2.27 bits per heavy atom. The van der Waals surface area contributed by atoms with Crippen LogP contribution in [0.15, 0.2) is 18.2 Å². The Labute approximate surface area is 97.2 Å². The maximum Gasteiger partial charge on any atom is 0.317 e. The molecule has 0 saturated carbocycles. The minimum absolute atomic E-state index is 0.417. The summed E-state index contributed by atoms with van der Waals surface area (Å²) in [5.74, 6) is -0.134. The molecule has 0 aliphatic heterocycles. The van der Waals surface area contributed by atoms with Crippen molar-refractivity contribution < 1.29 is 14.6 Å². The first-order valence-corrected chi connectivity index (χ1v) is 5.46. The SMILES string of the molecule is COc1ccc(C)cc1C[C@H](Br)C(=O)O. The van der Waals surface area contributed by atoms with Gasteiger partial charge in [-0.25, -0.2) is 0 Å². The van der Waals surface area contributed by atoms with Gasteiger partial charge in [0.15, 0.2) is 0 Å². The molecule has 1 aromatic rings. The van der Waals surface area contributed by atoms with Crippen molar-refractivity contribution in [2.75, 3.05) is 7.11 Å². The van der Waals surface area contributed by atoms with Crippen molar-refractivity contribution in [1.29, 1.82) is 0 Å². The van der Waals surface area contributed by atoms with Crippen LogP contribution in [0, 0.1) is 6.92 Å². The van der Waals surface area contributed by atoms with Crippen LogP contribution in [0.3, 0.4) is 0 Å². The van der Waals surface area contributed by atoms with Gasteiger partial charge in [0.05, 0.1) is 7.11 Å². The van der Waals surface area contributed by atoms with Crippen LogP contribution >= 0.6 is 15.9 Å². The number of aryl methyl sites for hydroxylation is 1. The Balaban J connectivity index is 2.91. The Bertz CT molecular complexity index is 363. The summed E-state index contributed by atoms with van der Waals surface area (Å²) in [4.78, 5) is 10.1. The van der Waals surface area contributed by atoms with E-state index >= 15 is 0 Å². The normalized spacial score (nSPS) is 12.2. The molecule has 1 aromatic carbocycles. The summed E-state index contributed by atoms with van der Waals surface area (Å²) in [7, 11) is 1.58. The number of benzene rings is 1. The number of rotatable bonds is 4. The molecule has 0 amide bonds. The van der Waals surface area contributed by atoms with E-state index in [9.17, 15) is 4.79 Å². The zero-order valence-electron chi connectivity index (χ0n) is 8.66. The monoisotopic (exact) mass is 272 g/mol. The fourth-order valence-electron chi connectivity index (χ4n) is 1.35. The maximum absolute atomic E-state index is 10.7. The average Bonchev–Trinajstić information content (AvgIpc) is 2.18. The lowest BCUT2D eigenvalue weighted by molar-refractivity contribution is -0.136. The van der Waals surface area contributed by atoms with E-state index in [1.54, 1.807) is 7.11 Å². The summed E-state index contributed by atoms with van der Waals surface area (Å²) in [5.41, 5.74) is 2.00. The van der Waals surface area contributed by atoms with Crippen LogP contribution in [0.25, 0.3) is 0 Å². The fraction of sp³-hybridized carbons (Fsp3) is 0.364. The molecule has 0 heterocycles. The molecule has 0 unspecified atom stereocenters. The number of aliphatic carboxylic acids is 1. The van der Waals surface area contributed by atoms with Crippen molar-refractivity contribution in [3.05, 3.63) is 29.3 Å². The number of alkyl halides is 1. The largest absolute Gasteiger partial charge is 0.496 e. The first-order chi connectivity index (χ1) is 7.04. The lowest BCUT2D eigenvalue weighted by atomic mass is 10.1. The lowest BCUT2D eigenvalue weighted by Crippen LogP contribution is -2.15. The molecule has 0 aliphatic carbocycles. The summed E-state index contributed by atoms with van der Waals surface area (Å²) in [5, 5.41) is 8.79. The molecule has 0 bridgehead atoms. The van der Waals surface area contributed by atoms with Crippen LogP contribution in [0.4, 0.5) is 0 Å². The van der Waals surface area contributed by atoms with E-state index in [1.807, 2.05) is 25.1 Å². The third-order valence-electron chi connectivity index (χ3n) is 2.10. The predicted molar refractivity (Wildman–Crippen MR) is 61.8 cm³/mol. The van der Waals surface area contributed by atoms with Crippen LogP contribution < -0.4 is 4.74 Å². The van der Waals surface area contributed by atoms with Crippen molar-refractivity contribution in [3.8, 4) is 5.75 Å². The zero-order chi connectivity index (χ0) is 11.4. The highest BCUT2D eigenvalue weighted by Crippen LogP contribution is 2.23. The molecule has 15 heavy (non-hydrogen) atoms. The second-order valence-corrected chi connectivity index (χ2v) is 4.43. The molecule has 1 rings (SSSR count). The van der Waals surface area contributed by atoms with Crippen LogP contribution in [-0.4, -0.2) is 23.0 Å². The smallest absolute Gasteiger partial charge is 0.317 e. The van der Waals surface area contributed by atoms with Gasteiger partial charge < -0.3 is 9.84 Å². The van der Waals surface area contributed by atoms with E-state index in [0.29, 0.717) is 6.42 Å². The summed E-state index contributed by atoms with van der Waals surface area (Å²) in [6, 6.07) is 5.73. The van der Waals surface area contributed by atoms with Gasteiger partial charge in [-0.15, -0.1) is 0 Å². The van der Waals surface area contributed by atoms with Crippen molar-refractivity contribution in [1.82, 2.24) is 0 Å². The number of carboxylic acid groups (broad SMARTS) is 1. The molecule has 3 nitrogen and oxygen atoms in total. The third-order valence-corrected chi connectivity index (χ3v) is 2.82. The van der Waals surface area contributed by atoms with E-state index in [1.165, 1.54) is 0 Å². The summed E-state index contributed by atoms with van der Waals surface area (Å²) < 4.78 is 5.17. The molecule has 0 fully saturated rings. The molecule has 0 spiro atoms. The van der Waals surface area contributed by atoms with Crippen LogP contribution in [0.1, 0.15) is 11.1 Å². The van der Waals surface area contributed by atoms with Crippen molar-refractivity contribution in [3.63, 3.8) is 0 Å². The number of carboxylic acids is 1. The number of carbonyl (C=O) groups is 1. The van der Waals surface area contributed by atoms with Crippen molar-refractivity contribution in [2.24, 2.45) is 0 Å². The van der Waals surface area contributed by atoms with Crippen LogP contribution in [-0.2, 0) is 11.2 Å². The second kappa shape index (κ2) is 5.16. The Kier molecular flexibility index (Phi) is 4.15. The molecular weight excluding hydrogens is 260 g/mol. The number of hydrogen-bond acceptors (Lipinski definition) is 2. The van der Waals surface area contributed by atoms with Gasteiger partial charge in [-0.3, -0.25) is 4.79 Å². The quantitative estimate of drug-likeness (QED) is 0.857. The summed E-state index contributed by atoms with van der Waals surface area (Å²) in [6.07, 6.45) is 0.417. The van der Waals surface area contributed by atoms with Gasteiger partial charge in [0.1, 0.15) is 10.6 Å². The number of methoxy groups -OCH3 is 1. The first kappa shape index (κ1) is 12.0. The molecule has 82 valence electrons. The van der Waals surface area contributed by atoms with Gasteiger partial charge in [-0.2, -0.15) is 0 Å². The van der Waals surface area contributed by atoms with E-state index < -0.39 is 10.8 Å². The Morgan fingerprint density at radius 3 is 2.80 bits per heavy atom. The fourth-order valence-corrected chi connectivity index (χ4v) is 1.70. The summed E-state index contributed by atoms with van der Waals surface area (Å²) >= 11 is 3.11. The second-order valence-electron chi connectivity index (χ2n) is 3.33. The average molecular weight is 273 g/mol. The zero-order valence-corrected chi connectivity index (χ0v) is 10.2. The van der Waals surface area contributed by atoms with E-state index in [4.69, 9.17) is 9.84 Å². The summed E-state index contributed by atoms with van der Waals surface area (Å²) in [6.45, 7) is 1.97. The topological polar surface area (TPSA) is 46.5 Å². The highest BCUT2D eigenvalue weighted by atomic mass is 79.9. The van der Waals surface area contributed by atoms with Gasteiger partial charge >= 0.3 is 5.97 Å². The standard InChI is InChI=1S/C11H13BrO3/c1-7-3-4-10(15-2)8(5-7)6-9(12)11(13)14/h3-5,9H,6H2,1-2H3,(H,13,14)/t9-/m0/s1.